The molecule has 0 spiro atoms. The van der Waals surface area contributed by atoms with Crippen molar-refractivity contribution in [1.82, 2.24) is 15.2 Å². The van der Waals surface area contributed by atoms with Gasteiger partial charge >= 0.3 is 6.03 Å². The Morgan fingerprint density at radius 2 is 2.24 bits per heavy atom. The van der Waals surface area contributed by atoms with Gasteiger partial charge in [-0.05, 0) is 24.1 Å². The predicted octanol–water partition coefficient (Wildman–Crippen LogP) is 2.12. The molecule has 2 heterocycles. The fourth-order valence-corrected chi connectivity index (χ4v) is 3.03. The van der Waals surface area contributed by atoms with Gasteiger partial charge in [-0.25, -0.2) is 14.2 Å². The van der Waals surface area contributed by atoms with Crippen molar-refractivity contribution >= 4 is 34.3 Å². The minimum absolute atomic E-state index is 0.00968. The van der Waals surface area contributed by atoms with Crippen molar-refractivity contribution in [3.05, 3.63) is 47.2 Å². The molecule has 1 aliphatic heterocycles. The molecule has 25 heavy (non-hydrogen) atoms. The van der Waals surface area contributed by atoms with Crippen molar-refractivity contribution in [1.29, 1.82) is 0 Å². The second-order valence-corrected chi connectivity index (χ2v) is 6.38. The van der Waals surface area contributed by atoms with Crippen molar-refractivity contribution < 1.29 is 18.8 Å². The van der Waals surface area contributed by atoms with Crippen LogP contribution in [0.25, 0.3) is 0 Å². The van der Waals surface area contributed by atoms with Crippen LogP contribution in [0.1, 0.15) is 18.4 Å². The van der Waals surface area contributed by atoms with Gasteiger partial charge in [0.1, 0.15) is 11.9 Å². The zero-order valence-electron chi connectivity index (χ0n) is 13.1. The van der Waals surface area contributed by atoms with Crippen molar-refractivity contribution in [3.8, 4) is 0 Å². The number of hydrogen-bond donors (Lipinski definition) is 2. The largest absolute Gasteiger partial charge is 0.326 e. The fourth-order valence-electron chi connectivity index (χ4n) is 2.48. The number of hydrogen-bond acceptors (Lipinski definition) is 5. The van der Waals surface area contributed by atoms with Crippen molar-refractivity contribution in [2.75, 3.05) is 5.32 Å². The van der Waals surface area contributed by atoms with Gasteiger partial charge in [-0.2, -0.15) is 0 Å². The maximum Gasteiger partial charge on any atom is 0.325 e. The first-order chi connectivity index (χ1) is 12.0. The molecule has 130 valence electrons. The van der Waals surface area contributed by atoms with Crippen molar-refractivity contribution in [3.63, 3.8) is 0 Å². The third-order valence-electron chi connectivity index (χ3n) is 3.68. The molecule has 2 aromatic rings. The van der Waals surface area contributed by atoms with Crippen LogP contribution in [0.4, 0.5) is 14.3 Å². The van der Waals surface area contributed by atoms with Crippen LogP contribution in [0.3, 0.4) is 0 Å². The number of carbonyl (C=O) groups is 3. The molecule has 4 amide bonds. The summed E-state index contributed by atoms with van der Waals surface area (Å²) in [5.41, 5.74) is 0.519. The molecule has 1 aromatic carbocycles. The van der Waals surface area contributed by atoms with Gasteiger partial charge in [-0.1, -0.05) is 12.1 Å². The number of anilines is 1. The first-order valence-electron chi connectivity index (χ1n) is 7.58. The van der Waals surface area contributed by atoms with Crippen LogP contribution in [0.2, 0.25) is 0 Å². The molecule has 7 nitrogen and oxygen atoms in total. The highest BCUT2D eigenvalue weighted by molar-refractivity contribution is 7.13. The normalized spacial score (nSPS) is 16.8. The van der Waals surface area contributed by atoms with E-state index in [4.69, 9.17) is 0 Å². The van der Waals surface area contributed by atoms with Gasteiger partial charge in [0.05, 0.1) is 6.54 Å². The molecule has 1 fully saturated rings. The number of thiazole rings is 1. The lowest BCUT2D eigenvalue weighted by atomic mass is 10.1. The second kappa shape index (κ2) is 7.39. The Hall–Kier alpha value is -2.81. The highest BCUT2D eigenvalue weighted by Gasteiger charge is 2.37. The molecule has 2 N–H and O–H groups in total. The van der Waals surface area contributed by atoms with E-state index < -0.39 is 23.8 Å². The Kier molecular flexibility index (Phi) is 5.03. The van der Waals surface area contributed by atoms with Gasteiger partial charge in [0, 0.05) is 18.0 Å². The van der Waals surface area contributed by atoms with Crippen molar-refractivity contribution in [2.45, 2.75) is 25.4 Å². The standard InChI is InChI=1S/C16H15FN4O3S/c17-11-3-1-2-10(8-11)9-21-14(23)12(19-16(21)24)4-5-13(22)20-15-18-6-7-25-15/h1-3,6-8,12H,4-5,9H2,(H,19,24)(H,18,20,22). The molecule has 0 aliphatic carbocycles. The summed E-state index contributed by atoms with van der Waals surface area (Å²) >= 11 is 1.29. The summed E-state index contributed by atoms with van der Waals surface area (Å²) in [5, 5.41) is 7.39. The topological polar surface area (TPSA) is 91.4 Å². The molecule has 0 saturated carbocycles. The van der Waals surface area contributed by atoms with E-state index in [1.54, 1.807) is 17.6 Å². The molecule has 1 aliphatic rings. The van der Waals surface area contributed by atoms with Gasteiger partial charge < -0.3 is 10.6 Å². The lowest BCUT2D eigenvalue weighted by Gasteiger charge is -2.13. The maximum absolute atomic E-state index is 13.2. The van der Waals surface area contributed by atoms with Crippen molar-refractivity contribution in [2.24, 2.45) is 0 Å². The molecule has 0 bridgehead atoms. The lowest BCUT2D eigenvalue weighted by molar-refractivity contribution is -0.128. The van der Waals surface area contributed by atoms with E-state index in [1.807, 2.05) is 0 Å². The van der Waals surface area contributed by atoms with E-state index in [1.165, 1.54) is 29.5 Å². The summed E-state index contributed by atoms with van der Waals surface area (Å²) in [5.74, 6) is -1.13. The predicted molar refractivity (Wildman–Crippen MR) is 89.2 cm³/mol. The molecule has 3 rings (SSSR count). The number of urea groups is 1. The molecule has 1 atom stereocenters. The Labute approximate surface area is 146 Å². The number of amides is 4. The summed E-state index contributed by atoms with van der Waals surface area (Å²) in [6.07, 6.45) is 1.83. The van der Waals surface area contributed by atoms with Gasteiger partial charge in [0.25, 0.3) is 5.91 Å². The van der Waals surface area contributed by atoms with E-state index in [0.29, 0.717) is 10.7 Å². The Morgan fingerprint density at radius 1 is 1.40 bits per heavy atom. The third-order valence-corrected chi connectivity index (χ3v) is 4.36. The zero-order valence-corrected chi connectivity index (χ0v) is 13.9. The molecule has 1 saturated heterocycles. The van der Waals surface area contributed by atoms with Gasteiger partial charge in [0.15, 0.2) is 5.13 Å². The number of benzene rings is 1. The monoisotopic (exact) mass is 362 g/mol. The second-order valence-electron chi connectivity index (χ2n) is 5.48. The zero-order chi connectivity index (χ0) is 17.8. The minimum Gasteiger partial charge on any atom is -0.326 e. The first kappa shape index (κ1) is 17.0. The average Bonchev–Trinajstić information content (AvgIpc) is 3.16. The van der Waals surface area contributed by atoms with E-state index in [9.17, 15) is 18.8 Å². The number of aromatic nitrogens is 1. The molecule has 9 heteroatoms. The van der Waals surface area contributed by atoms with Gasteiger partial charge in [-0.3, -0.25) is 14.5 Å². The molecular formula is C16H15FN4O3S. The highest BCUT2D eigenvalue weighted by Crippen LogP contribution is 2.17. The summed E-state index contributed by atoms with van der Waals surface area (Å²) in [7, 11) is 0. The molecular weight excluding hydrogens is 347 g/mol. The Balaban J connectivity index is 1.54. The number of rotatable bonds is 6. The number of nitrogens with one attached hydrogen (secondary N) is 2. The van der Waals surface area contributed by atoms with Gasteiger partial charge in [-0.15, -0.1) is 11.3 Å². The van der Waals surface area contributed by atoms with E-state index >= 15 is 0 Å². The quantitative estimate of drug-likeness (QED) is 0.770. The Bertz CT molecular complexity index is 796. The SMILES string of the molecule is O=C(CCC1NC(=O)N(Cc2cccc(F)c2)C1=O)Nc1nccs1. The van der Waals surface area contributed by atoms with Gasteiger partial charge in [0.2, 0.25) is 5.91 Å². The lowest BCUT2D eigenvalue weighted by Crippen LogP contribution is -2.31. The summed E-state index contributed by atoms with van der Waals surface area (Å²) < 4.78 is 13.2. The number of halogens is 1. The van der Waals surface area contributed by atoms with E-state index in [2.05, 4.69) is 15.6 Å². The number of imide groups is 1. The molecule has 0 radical (unpaired) electrons. The highest BCUT2D eigenvalue weighted by atomic mass is 32.1. The first-order valence-corrected chi connectivity index (χ1v) is 8.46. The van der Waals surface area contributed by atoms with Crippen LogP contribution in [-0.2, 0) is 16.1 Å². The van der Waals surface area contributed by atoms with Crippen LogP contribution < -0.4 is 10.6 Å². The number of nitrogens with zero attached hydrogens (tertiary/aromatic N) is 2. The fraction of sp³-hybridized carbons (Fsp3) is 0.250. The average molecular weight is 362 g/mol. The summed E-state index contributed by atoms with van der Waals surface area (Å²) in [6, 6.07) is 4.42. The minimum atomic E-state index is -0.761. The summed E-state index contributed by atoms with van der Waals surface area (Å²) in [4.78, 5) is 41.1. The van der Waals surface area contributed by atoms with Crippen LogP contribution >= 0.6 is 11.3 Å². The van der Waals surface area contributed by atoms with Crippen LogP contribution in [0, 0.1) is 5.82 Å². The summed E-state index contributed by atoms with van der Waals surface area (Å²) in [6.45, 7) is -0.00968. The third kappa shape index (κ3) is 4.18. The number of carbonyl (C=O) groups excluding carboxylic acids is 3. The van der Waals surface area contributed by atoms with Crippen LogP contribution in [0.5, 0.6) is 0 Å². The van der Waals surface area contributed by atoms with Crippen LogP contribution in [0.15, 0.2) is 35.8 Å². The Morgan fingerprint density at radius 3 is 2.96 bits per heavy atom. The molecule has 1 unspecified atom stereocenters. The maximum atomic E-state index is 13.2. The van der Waals surface area contributed by atoms with E-state index in [-0.39, 0.29) is 25.3 Å². The smallest absolute Gasteiger partial charge is 0.325 e. The van der Waals surface area contributed by atoms with Crippen LogP contribution in [-0.4, -0.2) is 33.8 Å². The molecule has 1 aromatic heterocycles. The van der Waals surface area contributed by atoms with E-state index in [0.717, 1.165) is 4.90 Å².